The van der Waals surface area contributed by atoms with Crippen LogP contribution in [-0.4, -0.2) is 35.5 Å². The summed E-state index contributed by atoms with van der Waals surface area (Å²) in [6.45, 7) is -0.276. The summed E-state index contributed by atoms with van der Waals surface area (Å²) in [5.74, 6) is -0.197. The van der Waals surface area contributed by atoms with Gasteiger partial charge in [0.05, 0.1) is 12.5 Å². The van der Waals surface area contributed by atoms with Crippen molar-refractivity contribution >= 4 is 5.97 Å². The minimum absolute atomic E-state index is 0.0164. The highest BCUT2D eigenvalue weighted by Crippen LogP contribution is 2.26. The maximum absolute atomic E-state index is 11.5. The van der Waals surface area contributed by atoms with E-state index in [4.69, 9.17) is 14.9 Å². The minimum Gasteiger partial charge on any atom is -0.460 e. The van der Waals surface area contributed by atoms with Gasteiger partial charge >= 0.3 is 5.97 Å². The van der Waals surface area contributed by atoms with Crippen LogP contribution in [0.25, 0.3) is 0 Å². The van der Waals surface area contributed by atoms with E-state index in [1.165, 1.54) is 0 Å². The summed E-state index contributed by atoms with van der Waals surface area (Å²) in [7, 11) is 0. The van der Waals surface area contributed by atoms with E-state index in [9.17, 15) is 4.79 Å². The molecule has 0 amide bonds. The average molecular weight is 202 g/mol. The molecule has 4 nitrogen and oxygen atoms in total. The van der Waals surface area contributed by atoms with Crippen LogP contribution in [0.1, 0.15) is 32.1 Å². The molecular weight excluding hydrogens is 184 g/mol. The molecule has 0 aliphatic heterocycles. The first-order chi connectivity index (χ1) is 6.77. The lowest BCUT2D eigenvalue weighted by Crippen LogP contribution is -2.26. The molecule has 2 N–H and O–H groups in total. The summed E-state index contributed by atoms with van der Waals surface area (Å²) >= 11 is 0. The highest BCUT2D eigenvalue weighted by atomic mass is 16.6. The first-order valence-corrected chi connectivity index (χ1v) is 5.20. The van der Waals surface area contributed by atoms with Crippen LogP contribution in [0.15, 0.2) is 0 Å². The second-order valence-electron chi connectivity index (χ2n) is 3.74. The first-order valence-electron chi connectivity index (χ1n) is 5.20. The Morgan fingerprint density at radius 2 is 2.00 bits per heavy atom. The van der Waals surface area contributed by atoms with E-state index in [0.29, 0.717) is 6.42 Å². The van der Waals surface area contributed by atoms with Crippen molar-refractivity contribution < 1.29 is 19.7 Å². The molecule has 0 radical (unpaired) electrons. The van der Waals surface area contributed by atoms with Crippen LogP contribution in [0.3, 0.4) is 0 Å². The number of carbonyl (C=O) groups is 1. The van der Waals surface area contributed by atoms with Gasteiger partial charge in [0.1, 0.15) is 6.10 Å². The van der Waals surface area contributed by atoms with Gasteiger partial charge in [-0.3, -0.25) is 4.79 Å². The molecule has 0 saturated heterocycles. The zero-order valence-electron chi connectivity index (χ0n) is 8.32. The van der Waals surface area contributed by atoms with Crippen molar-refractivity contribution in [1.29, 1.82) is 0 Å². The van der Waals surface area contributed by atoms with Crippen molar-refractivity contribution in [2.75, 3.05) is 13.2 Å². The van der Waals surface area contributed by atoms with E-state index >= 15 is 0 Å². The van der Waals surface area contributed by atoms with Gasteiger partial charge in [0.15, 0.2) is 0 Å². The molecule has 0 aromatic rings. The number of rotatable bonds is 5. The molecule has 1 aliphatic rings. The van der Waals surface area contributed by atoms with Crippen LogP contribution >= 0.6 is 0 Å². The van der Waals surface area contributed by atoms with Gasteiger partial charge in [0.25, 0.3) is 0 Å². The van der Waals surface area contributed by atoms with Gasteiger partial charge in [-0.05, 0) is 12.8 Å². The van der Waals surface area contributed by atoms with Crippen molar-refractivity contribution in [3.05, 3.63) is 0 Å². The molecule has 1 fully saturated rings. The van der Waals surface area contributed by atoms with Crippen LogP contribution in [0, 0.1) is 5.92 Å². The lowest BCUT2D eigenvalue weighted by atomic mass is 10.1. The smallest absolute Gasteiger partial charge is 0.309 e. The first kappa shape index (κ1) is 11.5. The zero-order valence-corrected chi connectivity index (χ0v) is 8.32. The number of aliphatic hydroxyl groups excluding tert-OH is 2. The molecule has 4 heteroatoms. The Morgan fingerprint density at radius 1 is 1.36 bits per heavy atom. The van der Waals surface area contributed by atoms with Gasteiger partial charge in [0, 0.05) is 13.0 Å². The van der Waals surface area contributed by atoms with Gasteiger partial charge in [-0.25, -0.2) is 0 Å². The van der Waals surface area contributed by atoms with Crippen LogP contribution < -0.4 is 0 Å². The predicted molar refractivity (Wildman–Crippen MR) is 50.6 cm³/mol. The molecule has 1 rings (SSSR count). The van der Waals surface area contributed by atoms with Gasteiger partial charge in [-0.2, -0.15) is 0 Å². The summed E-state index contributed by atoms with van der Waals surface area (Å²) < 4.78 is 5.08. The molecule has 1 saturated carbocycles. The average Bonchev–Trinajstić information content (AvgIpc) is 2.69. The minimum atomic E-state index is -0.534. The molecule has 1 atom stereocenters. The SMILES string of the molecule is O=C(OC(CO)CCO)C1CCCC1. The summed E-state index contributed by atoms with van der Waals surface area (Å²) in [4.78, 5) is 11.5. The van der Waals surface area contributed by atoms with Crippen molar-refractivity contribution in [3.8, 4) is 0 Å². The molecule has 1 unspecified atom stereocenters. The van der Waals surface area contributed by atoms with Gasteiger partial charge in [0.2, 0.25) is 0 Å². The summed E-state index contributed by atoms with van der Waals surface area (Å²) in [5.41, 5.74) is 0. The molecule has 0 aromatic carbocycles. The number of hydrogen-bond acceptors (Lipinski definition) is 4. The van der Waals surface area contributed by atoms with Gasteiger partial charge in [-0.15, -0.1) is 0 Å². The molecule has 0 heterocycles. The highest BCUT2D eigenvalue weighted by Gasteiger charge is 2.26. The predicted octanol–water partition coefficient (Wildman–Crippen LogP) is 0.463. The van der Waals surface area contributed by atoms with Crippen molar-refractivity contribution in [2.45, 2.75) is 38.2 Å². The zero-order chi connectivity index (χ0) is 10.4. The molecular formula is C10H18O4. The van der Waals surface area contributed by atoms with E-state index in [-0.39, 0.29) is 25.1 Å². The van der Waals surface area contributed by atoms with Crippen LogP contribution in [0.4, 0.5) is 0 Å². The van der Waals surface area contributed by atoms with E-state index in [0.717, 1.165) is 25.7 Å². The molecule has 0 spiro atoms. The fourth-order valence-electron chi connectivity index (χ4n) is 1.75. The van der Waals surface area contributed by atoms with E-state index in [2.05, 4.69) is 0 Å². The maximum atomic E-state index is 11.5. The Morgan fingerprint density at radius 3 is 2.50 bits per heavy atom. The van der Waals surface area contributed by atoms with E-state index in [1.54, 1.807) is 0 Å². The Hall–Kier alpha value is -0.610. The van der Waals surface area contributed by atoms with E-state index < -0.39 is 6.10 Å². The maximum Gasteiger partial charge on any atom is 0.309 e. The number of esters is 1. The van der Waals surface area contributed by atoms with Crippen molar-refractivity contribution in [3.63, 3.8) is 0 Å². The fourth-order valence-corrected chi connectivity index (χ4v) is 1.75. The monoisotopic (exact) mass is 202 g/mol. The topological polar surface area (TPSA) is 66.8 Å². The van der Waals surface area contributed by atoms with Gasteiger partial charge < -0.3 is 14.9 Å². The number of ether oxygens (including phenoxy) is 1. The molecule has 1 aliphatic carbocycles. The number of aliphatic hydroxyl groups is 2. The highest BCUT2D eigenvalue weighted by molar-refractivity contribution is 5.72. The Balaban J connectivity index is 2.29. The van der Waals surface area contributed by atoms with Crippen LogP contribution in [0.2, 0.25) is 0 Å². The number of carbonyl (C=O) groups excluding carboxylic acids is 1. The Kier molecular flexibility index (Phi) is 4.90. The normalized spacial score (nSPS) is 19.6. The lowest BCUT2D eigenvalue weighted by Gasteiger charge is -2.16. The van der Waals surface area contributed by atoms with E-state index in [1.807, 2.05) is 0 Å². The third kappa shape index (κ3) is 3.27. The van der Waals surface area contributed by atoms with Gasteiger partial charge in [-0.1, -0.05) is 12.8 Å². The largest absolute Gasteiger partial charge is 0.460 e. The number of hydrogen-bond donors (Lipinski definition) is 2. The second-order valence-corrected chi connectivity index (χ2v) is 3.74. The van der Waals surface area contributed by atoms with Crippen LogP contribution in [0.5, 0.6) is 0 Å². The lowest BCUT2D eigenvalue weighted by molar-refractivity contribution is -0.156. The second kappa shape index (κ2) is 5.98. The van der Waals surface area contributed by atoms with Crippen molar-refractivity contribution in [2.24, 2.45) is 5.92 Å². The molecule has 0 bridgehead atoms. The molecule has 82 valence electrons. The third-order valence-corrected chi connectivity index (χ3v) is 2.63. The third-order valence-electron chi connectivity index (χ3n) is 2.63. The van der Waals surface area contributed by atoms with Crippen molar-refractivity contribution in [1.82, 2.24) is 0 Å². The standard InChI is InChI=1S/C10H18O4/c11-6-5-9(7-12)14-10(13)8-3-1-2-4-8/h8-9,11-12H,1-7H2. The Labute approximate surface area is 83.9 Å². The summed E-state index contributed by atoms with van der Waals surface area (Å²) in [6.07, 6.45) is 3.75. The van der Waals surface area contributed by atoms with Crippen LogP contribution in [-0.2, 0) is 9.53 Å². The Bertz CT molecular complexity index is 175. The summed E-state index contributed by atoms with van der Waals surface area (Å²) in [5, 5.41) is 17.5. The fraction of sp³-hybridized carbons (Fsp3) is 0.900. The molecule has 0 aromatic heterocycles. The summed E-state index contributed by atoms with van der Waals surface area (Å²) in [6, 6.07) is 0. The molecule has 14 heavy (non-hydrogen) atoms. The quantitative estimate of drug-likeness (QED) is 0.636.